The number of hydrogen-bond acceptors (Lipinski definition) is 1. The van der Waals surface area contributed by atoms with E-state index in [0.29, 0.717) is 0 Å². The zero-order chi connectivity index (χ0) is 29.7. The molecule has 1 nitrogen and oxygen atoms in total. The Kier molecular flexibility index (Phi) is 8.59. The van der Waals surface area contributed by atoms with Gasteiger partial charge >= 0.3 is 0 Å². The van der Waals surface area contributed by atoms with Crippen molar-refractivity contribution >= 4 is 22.6 Å². The van der Waals surface area contributed by atoms with Gasteiger partial charge in [-0.2, -0.15) is 0 Å². The summed E-state index contributed by atoms with van der Waals surface area (Å²) in [5, 5.41) is 0. The van der Waals surface area contributed by atoms with Crippen LogP contribution in [-0.2, 0) is 5.41 Å². The smallest absolute Gasteiger partial charge is 0.0465 e. The van der Waals surface area contributed by atoms with Crippen LogP contribution in [0.5, 0.6) is 0 Å². The summed E-state index contributed by atoms with van der Waals surface area (Å²) >= 11 is 0. The largest absolute Gasteiger partial charge is 0.310 e. The molecule has 210 valence electrons. The maximum atomic E-state index is 2.39. The summed E-state index contributed by atoms with van der Waals surface area (Å²) < 4.78 is 0. The fraction of sp³-hybridized carbons (Fsp3) is 0.171. The zero-order valence-electron chi connectivity index (χ0n) is 25.7. The molecule has 0 unspecified atom stereocenters. The van der Waals surface area contributed by atoms with Gasteiger partial charge in [0.1, 0.15) is 0 Å². The van der Waals surface area contributed by atoms with Gasteiger partial charge in [-0.25, -0.2) is 0 Å². The maximum absolute atomic E-state index is 2.39. The number of hydrogen-bond donors (Lipinski definition) is 0. The van der Waals surface area contributed by atoms with Crippen LogP contribution in [0.25, 0.3) is 27.8 Å². The number of rotatable bonds is 5. The first-order valence-corrected chi connectivity index (χ1v) is 15.1. The SMILES string of the molecule is C/C=C1\C(=C/C)c2ccc(N(c3ccc(-c4ccccc4)cc3)c3ccc(-c4ccccc4)cc3)cc2C1(C)C.CC. The van der Waals surface area contributed by atoms with Gasteiger partial charge in [0.15, 0.2) is 0 Å². The van der Waals surface area contributed by atoms with Crippen LogP contribution in [0.15, 0.2) is 145 Å². The molecule has 0 N–H and O–H groups in total. The number of anilines is 3. The molecule has 1 aliphatic rings. The first-order valence-electron chi connectivity index (χ1n) is 15.1. The van der Waals surface area contributed by atoms with Crippen molar-refractivity contribution in [3.8, 4) is 22.3 Å². The zero-order valence-corrected chi connectivity index (χ0v) is 25.7. The Hall–Kier alpha value is -4.62. The van der Waals surface area contributed by atoms with E-state index in [4.69, 9.17) is 0 Å². The highest BCUT2D eigenvalue weighted by molar-refractivity contribution is 5.91. The van der Waals surface area contributed by atoms with Crippen LogP contribution in [-0.4, -0.2) is 0 Å². The highest BCUT2D eigenvalue weighted by atomic mass is 15.1. The molecule has 1 heteroatoms. The molecule has 0 aromatic heterocycles. The summed E-state index contributed by atoms with van der Waals surface area (Å²) in [6.07, 6.45) is 4.53. The van der Waals surface area contributed by atoms with E-state index < -0.39 is 0 Å². The van der Waals surface area contributed by atoms with E-state index in [1.165, 1.54) is 50.2 Å². The molecule has 0 spiro atoms. The highest BCUT2D eigenvalue weighted by Crippen LogP contribution is 2.51. The summed E-state index contributed by atoms with van der Waals surface area (Å²) in [4.78, 5) is 2.38. The third-order valence-electron chi connectivity index (χ3n) is 8.23. The number of benzene rings is 5. The van der Waals surface area contributed by atoms with Crippen LogP contribution in [0, 0.1) is 0 Å². The van der Waals surface area contributed by atoms with E-state index in [2.05, 4.69) is 172 Å². The molecule has 0 amide bonds. The summed E-state index contributed by atoms with van der Waals surface area (Å²) in [7, 11) is 0. The van der Waals surface area contributed by atoms with E-state index in [1.54, 1.807) is 0 Å². The molecule has 42 heavy (non-hydrogen) atoms. The van der Waals surface area contributed by atoms with Crippen LogP contribution in [0.2, 0.25) is 0 Å². The molecule has 1 aliphatic carbocycles. The van der Waals surface area contributed by atoms with Crippen LogP contribution in [0.3, 0.4) is 0 Å². The molecule has 0 saturated carbocycles. The molecule has 0 atom stereocenters. The van der Waals surface area contributed by atoms with E-state index in [-0.39, 0.29) is 5.41 Å². The Labute approximate surface area is 252 Å². The summed E-state index contributed by atoms with van der Waals surface area (Å²) in [5.74, 6) is 0. The summed E-state index contributed by atoms with van der Waals surface area (Å²) in [5.41, 5.74) is 13.7. The van der Waals surface area contributed by atoms with Gasteiger partial charge in [0, 0.05) is 22.5 Å². The van der Waals surface area contributed by atoms with Gasteiger partial charge in [-0.05, 0) is 94.8 Å². The molecule has 6 rings (SSSR count). The van der Waals surface area contributed by atoms with Gasteiger partial charge in [-0.1, -0.05) is 131 Å². The maximum Gasteiger partial charge on any atom is 0.0465 e. The van der Waals surface area contributed by atoms with Crippen molar-refractivity contribution in [3.63, 3.8) is 0 Å². The molecule has 5 aromatic rings. The topological polar surface area (TPSA) is 3.24 Å². The van der Waals surface area contributed by atoms with Crippen molar-refractivity contribution in [3.05, 3.63) is 156 Å². The fourth-order valence-electron chi connectivity index (χ4n) is 6.19. The average Bonchev–Trinajstić information content (AvgIpc) is 3.28. The Balaban J connectivity index is 0.00000173. The second-order valence-corrected chi connectivity index (χ2v) is 10.9. The van der Waals surface area contributed by atoms with E-state index in [0.717, 1.165) is 11.4 Å². The van der Waals surface area contributed by atoms with Crippen molar-refractivity contribution in [1.29, 1.82) is 0 Å². The second kappa shape index (κ2) is 12.5. The van der Waals surface area contributed by atoms with Crippen LogP contribution in [0.4, 0.5) is 17.1 Å². The van der Waals surface area contributed by atoms with E-state index in [1.807, 2.05) is 13.8 Å². The quantitative estimate of drug-likeness (QED) is 0.211. The lowest BCUT2D eigenvalue weighted by molar-refractivity contribution is 0.659. The van der Waals surface area contributed by atoms with Crippen molar-refractivity contribution in [1.82, 2.24) is 0 Å². The Bertz CT molecular complexity index is 1600. The third-order valence-corrected chi connectivity index (χ3v) is 8.23. The summed E-state index contributed by atoms with van der Waals surface area (Å²) in [6.45, 7) is 13.0. The lowest BCUT2D eigenvalue weighted by Gasteiger charge is -2.28. The van der Waals surface area contributed by atoms with E-state index in [9.17, 15) is 0 Å². The molecule has 0 radical (unpaired) electrons. The number of nitrogens with zero attached hydrogens (tertiary/aromatic N) is 1. The summed E-state index contributed by atoms with van der Waals surface area (Å²) in [6, 6.07) is 46.0. The molecular weight excluding hydrogens is 506 g/mol. The van der Waals surface area contributed by atoms with E-state index >= 15 is 0 Å². The van der Waals surface area contributed by atoms with Crippen LogP contribution in [0.1, 0.15) is 52.7 Å². The first-order chi connectivity index (χ1) is 20.5. The lowest BCUT2D eigenvalue weighted by Crippen LogP contribution is -2.16. The number of allylic oxidation sites excluding steroid dienone is 4. The Morgan fingerprint density at radius 1 is 0.500 bits per heavy atom. The highest BCUT2D eigenvalue weighted by Gasteiger charge is 2.37. The van der Waals surface area contributed by atoms with Crippen LogP contribution < -0.4 is 4.90 Å². The van der Waals surface area contributed by atoms with Gasteiger partial charge in [-0.15, -0.1) is 0 Å². The average molecular weight is 548 g/mol. The molecular formula is C41H41N. The monoisotopic (exact) mass is 547 g/mol. The minimum Gasteiger partial charge on any atom is -0.310 e. The fourth-order valence-corrected chi connectivity index (χ4v) is 6.19. The molecule has 0 bridgehead atoms. The predicted molar refractivity (Wildman–Crippen MR) is 184 cm³/mol. The Morgan fingerprint density at radius 3 is 1.36 bits per heavy atom. The van der Waals surface area contributed by atoms with Gasteiger partial charge in [0.25, 0.3) is 0 Å². The van der Waals surface area contributed by atoms with Gasteiger partial charge in [0.2, 0.25) is 0 Å². The van der Waals surface area contributed by atoms with Gasteiger partial charge < -0.3 is 4.90 Å². The third kappa shape index (κ3) is 5.35. The minimum atomic E-state index is -0.0536. The van der Waals surface area contributed by atoms with Crippen molar-refractivity contribution in [2.24, 2.45) is 0 Å². The van der Waals surface area contributed by atoms with Crippen molar-refractivity contribution < 1.29 is 0 Å². The van der Waals surface area contributed by atoms with Crippen molar-refractivity contribution in [2.75, 3.05) is 4.90 Å². The standard InChI is InChI=1S/C39H35N.C2H6/c1-5-35-36-26-25-34(27-38(36)39(3,4)37(35)6-2)40(32-21-17-30(18-22-32)28-13-9-7-10-14-28)33-23-19-31(20-24-33)29-15-11-8-12-16-29;1-2/h5-27H,1-4H3;1-2H3/b35-5-,37-6+;. The lowest BCUT2D eigenvalue weighted by atomic mass is 9.82. The number of fused-ring (bicyclic) bond motifs is 1. The molecule has 5 aromatic carbocycles. The first kappa shape index (κ1) is 28.9. The predicted octanol–water partition coefficient (Wildman–Crippen LogP) is 12.2. The molecule has 0 aliphatic heterocycles. The molecule has 0 fully saturated rings. The Morgan fingerprint density at radius 2 is 0.929 bits per heavy atom. The van der Waals surface area contributed by atoms with Crippen LogP contribution >= 0.6 is 0 Å². The van der Waals surface area contributed by atoms with Gasteiger partial charge in [-0.3, -0.25) is 0 Å². The molecule has 0 saturated heterocycles. The molecule has 0 heterocycles. The van der Waals surface area contributed by atoms with Crippen molar-refractivity contribution in [2.45, 2.75) is 47.0 Å². The normalized spacial score (nSPS) is 15.2. The van der Waals surface area contributed by atoms with Gasteiger partial charge in [0.05, 0.1) is 0 Å². The minimum absolute atomic E-state index is 0.0536. The second-order valence-electron chi connectivity index (χ2n) is 10.9.